The van der Waals surface area contributed by atoms with Crippen molar-refractivity contribution < 1.29 is 4.74 Å². The minimum atomic E-state index is -0.280. The summed E-state index contributed by atoms with van der Waals surface area (Å²) in [6.45, 7) is 0.407. The number of imidazole rings is 1. The molecule has 3 rings (SSSR count). The highest BCUT2D eigenvalue weighted by atomic mass is 79.9. The zero-order valence-electron chi connectivity index (χ0n) is 13.1. The van der Waals surface area contributed by atoms with Crippen molar-refractivity contribution in [2.45, 2.75) is 12.7 Å². The number of aryl methyl sites for hydroxylation is 1. The average molecular weight is 383 g/mol. The molecule has 0 saturated heterocycles. The number of hydrogen-bond acceptors (Lipinski definition) is 4. The minimum absolute atomic E-state index is 0.280. The number of ether oxygens (including phenoxy) is 1. The van der Waals surface area contributed by atoms with Gasteiger partial charge in [0.1, 0.15) is 10.7 Å². The molecule has 24 heavy (non-hydrogen) atoms. The van der Waals surface area contributed by atoms with Gasteiger partial charge in [0, 0.05) is 18.8 Å². The Balaban J connectivity index is 1.89. The first-order valence-corrected chi connectivity index (χ1v) is 8.15. The monoisotopic (exact) mass is 382 g/mol. The van der Waals surface area contributed by atoms with E-state index in [4.69, 9.17) is 10.00 Å². The van der Waals surface area contributed by atoms with Gasteiger partial charge in [0.25, 0.3) is 0 Å². The van der Waals surface area contributed by atoms with Crippen LogP contribution in [0.25, 0.3) is 0 Å². The van der Waals surface area contributed by atoms with Gasteiger partial charge in [-0.05, 0) is 39.7 Å². The maximum absolute atomic E-state index is 8.97. The second kappa shape index (κ2) is 7.39. The molecule has 0 bridgehead atoms. The number of rotatable bonds is 5. The molecule has 0 fully saturated rings. The van der Waals surface area contributed by atoms with Gasteiger partial charge in [-0.25, -0.2) is 9.97 Å². The van der Waals surface area contributed by atoms with Gasteiger partial charge in [-0.3, -0.25) is 0 Å². The van der Waals surface area contributed by atoms with E-state index in [2.05, 4.69) is 32.0 Å². The number of pyridine rings is 1. The van der Waals surface area contributed by atoms with E-state index >= 15 is 0 Å². The van der Waals surface area contributed by atoms with Gasteiger partial charge in [0.05, 0.1) is 36.5 Å². The third-order valence-corrected chi connectivity index (χ3v) is 4.42. The van der Waals surface area contributed by atoms with Crippen LogP contribution in [0.2, 0.25) is 0 Å². The molecule has 2 aromatic heterocycles. The molecule has 0 spiro atoms. The van der Waals surface area contributed by atoms with Crippen LogP contribution >= 0.6 is 15.9 Å². The molecule has 5 nitrogen and oxygen atoms in total. The van der Waals surface area contributed by atoms with Crippen molar-refractivity contribution in [2.24, 2.45) is 7.05 Å². The maximum Gasteiger partial charge on any atom is 0.124 e. The minimum Gasteiger partial charge on any atom is -0.362 e. The van der Waals surface area contributed by atoms with Crippen molar-refractivity contribution in [3.8, 4) is 6.07 Å². The SMILES string of the molecule is Cn1cncc1C(OCc1cccnc1Br)c1ccc(C#N)cc1. The largest absolute Gasteiger partial charge is 0.362 e. The normalized spacial score (nSPS) is 11.9. The zero-order chi connectivity index (χ0) is 16.9. The van der Waals surface area contributed by atoms with Crippen LogP contribution in [-0.2, 0) is 18.4 Å². The fourth-order valence-electron chi connectivity index (χ4n) is 2.41. The predicted octanol–water partition coefficient (Wildman–Crippen LogP) is 3.76. The molecule has 0 aliphatic carbocycles. The highest BCUT2D eigenvalue weighted by Crippen LogP contribution is 2.28. The number of aromatic nitrogens is 3. The summed E-state index contributed by atoms with van der Waals surface area (Å²) in [6.07, 6.45) is 4.99. The molecular formula is C18H15BrN4O. The number of benzene rings is 1. The van der Waals surface area contributed by atoms with Gasteiger partial charge in [-0.1, -0.05) is 18.2 Å². The van der Waals surface area contributed by atoms with Crippen molar-refractivity contribution in [2.75, 3.05) is 0 Å². The molecule has 0 aliphatic heterocycles. The summed E-state index contributed by atoms with van der Waals surface area (Å²) in [4.78, 5) is 8.40. The fraction of sp³-hybridized carbons (Fsp3) is 0.167. The van der Waals surface area contributed by atoms with Crippen LogP contribution in [0.15, 0.2) is 59.7 Å². The van der Waals surface area contributed by atoms with Gasteiger partial charge in [0.2, 0.25) is 0 Å². The van der Waals surface area contributed by atoms with Crippen LogP contribution in [0.3, 0.4) is 0 Å². The smallest absolute Gasteiger partial charge is 0.124 e. The van der Waals surface area contributed by atoms with Crippen molar-refractivity contribution in [1.82, 2.24) is 14.5 Å². The van der Waals surface area contributed by atoms with Crippen LogP contribution in [0.4, 0.5) is 0 Å². The van der Waals surface area contributed by atoms with Gasteiger partial charge in [-0.15, -0.1) is 0 Å². The highest BCUT2D eigenvalue weighted by molar-refractivity contribution is 9.10. The van der Waals surface area contributed by atoms with E-state index in [0.717, 1.165) is 21.4 Å². The standard InChI is InChI=1S/C18H15BrN4O/c1-23-12-21-10-16(23)17(14-6-4-13(9-20)5-7-14)24-11-15-3-2-8-22-18(15)19/h2-8,10,12,17H,11H2,1H3. The maximum atomic E-state index is 8.97. The summed E-state index contributed by atoms with van der Waals surface area (Å²) in [5.41, 5.74) is 3.51. The summed E-state index contributed by atoms with van der Waals surface area (Å²) in [5.74, 6) is 0. The lowest BCUT2D eigenvalue weighted by atomic mass is 10.0. The Morgan fingerprint density at radius 2 is 2.08 bits per heavy atom. The molecule has 1 atom stereocenters. The fourth-order valence-corrected chi connectivity index (χ4v) is 2.77. The molecule has 0 radical (unpaired) electrons. The van der Waals surface area contributed by atoms with E-state index in [9.17, 15) is 0 Å². The van der Waals surface area contributed by atoms with Gasteiger partial charge >= 0.3 is 0 Å². The molecular weight excluding hydrogens is 368 g/mol. The lowest BCUT2D eigenvalue weighted by molar-refractivity contribution is 0.0616. The molecule has 1 aromatic carbocycles. The third-order valence-electron chi connectivity index (χ3n) is 3.71. The van der Waals surface area contributed by atoms with Gasteiger partial charge in [0.15, 0.2) is 0 Å². The van der Waals surface area contributed by atoms with Crippen molar-refractivity contribution in [3.05, 3.63) is 82.1 Å². The van der Waals surface area contributed by atoms with E-state index in [1.807, 2.05) is 35.9 Å². The molecule has 2 heterocycles. The first-order valence-electron chi connectivity index (χ1n) is 7.36. The Bertz CT molecular complexity index is 867. The van der Waals surface area contributed by atoms with E-state index in [1.54, 1.807) is 30.9 Å². The summed E-state index contributed by atoms with van der Waals surface area (Å²) in [6, 6.07) is 13.4. The summed E-state index contributed by atoms with van der Waals surface area (Å²) >= 11 is 3.44. The zero-order valence-corrected chi connectivity index (χ0v) is 14.6. The second-order valence-electron chi connectivity index (χ2n) is 5.31. The molecule has 0 amide bonds. The number of nitrogens with zero attached hydrogens (tertiary/aromatic N) is 4. The van der Waals surface area contributed by atoms with Crippen LogP contribution in [0, 0.1) is 11.3 Å². The Labute approximate surface area is 148 Å². The van der Waals surface area contributed by atoms with Crippen LogP contribution in [-0.4, -0.2) is 14.5 Å². The predicted molar refractivity (Wildman–Crippen MR) is 92.9 cm³/mol. The van der Waals surface area contributed by atoms with E-state index in [1.165, 1.54) is 0 Å². The average Bonchev–Trinajstić information content (AvgIpc) is 3.03. The molecule has 0 saturated carbocycles. The number of nitriles is 1. The number of hydrogen-bond donors (Lipinski definition) is 0. The van der Waals surface area contributed by atoms with Crippen LogP contribution in [0.5, 0.6) is 0 Å². The Morgan fingerprint density at radius 1 is 1.29 bits per heavy atom. The first-order chi connectivity index (χ1) is 11.7. The van der Waals surface area contributed by atoms with E-state index in [-0.39, 0.29) is 6.10 Å². The summed E-state index contributed by atoms with van der Waals surface area (Å²) < 4.78 is 8.88. The quantitative estimate of drug-likeness (QED) is 0.630. The summed E-state index contributed by atoms with van der Waals surface area (Å²) in [5, 5.41) is 8.97. The first kappa shape index (κ1) is 16.4. The Hall–Kier alpha value is -2.49. The lowest BCUT2D eigenvalue weighted by Crippen LogP contribution is -2.10. The molecule has 0 aliphatic rings. The topological polar surface area (TPSA) is 63.7 Å². The Kier molecular flexibility index (Phi) is 5.04. The third kappa shape index (κ3) is 3.53. The second-order valence-corrected chi connectivity index (χ2v) is 6.06. The Morgan fingerprint density at radius 3 is 2.71 bits per heavy atom. The highest BCUT2D eigenvalue weighted by Gasteiger charge is 2.19. The van der Waals surface area contributed by atoms with Crippen LogP contribution in [0.1, 0.15) is 28.5 Å². The van der Waals surface area contributed by atoms with Crippen molar-refractivity contribution in [3.63, 3.8) is 0 Å². The van der Waals surface area contributed by atoms with Crippen LogP contribution < -0.4 is 0 Å². The van der Waals surface area contributed by atoms with Crippen molar-refractivity contribution in [1.29, 1.82) is 5.26 Å². The molecule has 120 valence electrons. The summed E-state index contributed by atoms with van der Waals surface area (Å²) in [7, 11) is 1.93. The van der Waals surface area contributed by atoms with Crippen molar-refractivity contribution >= 4 is 15.9 Å². The molecule has 6 heteroatoms. The molecule has 1 unspecified atom stereocenters. The van der Waals surface area contributed by atoms with E-state index < -0.39 is 0 Å². The molecule has 0 N–H and O–H groups in total. The number of halogens is 1. The molecule has 3 aromatic rings. The van der Waals surface area contributed by atoms with Gasteiger partial charge in [-0.2, -0.15) is 5.26 Å². The van der Waals surface area contributed by atoms with Gasteiger partial charge < -0.3 is 9.30 Å². The lowest BCUT2D eigenvalue weighted by Gasteiger charge is -2.19. The van der Waals surface area contributed by atoms with E-state index in [0.29, 0.717) is 12.2 Å².